The van der Waals surface area contributed by atoms with Gasteiger partial charge in [-0.2, -0.15) is 0 Å². The van der Waals surface area contributed by atoms with E-state index in [0.717, 1.165) is 0 Å². The van der Waals surface area contributed by atoms with Gasteiger partial charge in [-0.1, -0.05) is 0 Å². The third-order valence-electron chi connectivity index (χ3n) is 0.961. The van der Waals surface area contributed by atoms with E-state index in [1.54, 1.807) is 6.92 Å². The van der Waals surface area contributed by atoms with E-state index in [9.17, 15) is 4.79 Å². The summed E-state index contributed by atoms with van der Waals surface area (Å²) in [5.74, 6) is 0.679. The van der Waals surface area contributed by atoms with Gasteiger partial charge in [-0.3, -0.25) is 0 Å². The highest BCUT2D eigenvalue weighted by Gasteiger charge is 2.06. The molecule has 0 bridgehead atoms. The average molecular weight is 157 g/mol. The minimum absolute atomic E-state index is 0.106. The third-order valence-corrected chi connectivity index (χ3v) is 0.961. The van der Waals surface area contributed by atoms with Crippen molar-refractivity contribution in [1.82, 2.24) is 5.16 Å². The molecule has 1 aromatic heterocycles. The van der Waals surface area contributed by atoms with E-state index in [0.29, 0.717) is 5.76 Å². The number of aryl methyl sites for hydroxylation is 1. The number of nitrogens with zero attached hydrogens (tertiary/aromatic N) is 1. The molecule has 0 aliphatic rings. The summed E-state index contributed by atoms with van der Waals surface area (Å²) in [4.78, 5) is 10.5. The quantitative estimate of drug-likeness (QED) is 0.572. The Morgan fingerprint density at radius 2 is 2.45 bits per heavy atom. The summed E-state index contributed by atoms with van der Waals surface area (Å²) < 4.78 is 13.4. The SMILES string of the molecule is COC(=O)Oc1cc(C)on1. The van der Waals surface area contributed by atoms with Crippen molar-refractivity contribution in [2.24, 2.45) is 0 Å². The van der Waals surface area contributed by atoms with Gasteiger partial charge >= 0.3 is 6.16 Å². The Bertz CT molecular complexity index is 255. The van der Waals surface area contributed by atoms with E-state index in [-0.39, 0.29) is 5.88 Å². The van der Waals surface area contributed by atoms with Crippen LogP contribution in [0.3, 0.4) is 0 Å². The van der Waals surface area contributed by atoms with Crippen LogP contribution in [0.25, 0.3) is 0 Å². The molecule has 0 spiro atoms. The van der Waals surface area contributed by atoms with Crippen molar-refractivity contribution in [3.63, 3.8) is 0 Å². The number of hydrogen-bond acceptors (Lipinski definition) is 5. The first-order valence-electron chi connectivity index (χ1n) is 2.91. The van der Waals surface area contributed by atoms with Crippen LogP contribution in [-0.2, 0) is 4.74 Å². The Balaban J connectivity index is 2.57. The summed E-state index contributed by atoms with van der Waals surface area (Å²) in [6.07, 6.45) is -0.807. The fourth-order valence-corrected chi connectivity index (χ4v) is 0.519. The van der Waals surface area contributed by atoms with Crippen LogP contribution < -0.4 is 4.74 Å². The van der Waals surface area contributed by atoms with Crippen molar-refractivity contribution in [3.8, 4) is 5.88 Å². The van der Waals surface area contributed by atoms with Crippen LogP contribution in [0.15, 0.2) is 10.6 Å². The molecule has 11 heavy (non-hydrogen) atoms. The van der Waals surface area contributed by atoms with Crippen LogP contribution >= 0.6 is 0 Å². The summed E-state index contributed by atoms with van der Waals surface area (Å²) in [7, 11) is 1.22. The van der Waals surface area contributed by atoms with Gasteiger partial charge in [-0.15, -0.1) is 0 Å². The number of rotatable bonds is 1. The second-order valence-corrected chi connectivity index (χ2v) is 1.83. The van der Waals surface area contributed by atoms with Crippen molar-refractivity contribution in [2.75, 3.05) is 7.11 Å². The summed E-state index contributed by atoms with van der Waals surface area (Å²) in [5, 5.41) is 3.41. The number of hydrogen-bond donors (Lipinski definition) is 0. The maximum Gasteiger partial charge on any atom is 0.515 e. The predicted octanol–water partition coefficient (Wildman–Crippen LogP) is 1.13. The normalized spacial score (nSPS) is 9.27. The first kappa shape index (κ1) is 7.59. The number of methoxy groups -OCH3 is 1. The standard InChI is InChI=1S/C6H7NO4/c1-4-3-5(7-11-4)10-6(8)9-2/h3H,1-2H3. The maximum absolute atomic E-state index is 10.5. The zero-order valence-electron chi connectivity index (χ0n) is 6.16. The van der Waals surface area contributed by atoms with Gasteiger partial charge < -0.3 is 14.0 Å². The Labute approximate surface area is 62.9 Å². The van der Waals surface area contributed by atoms with Crippen LogP contribution in [0.5, 0.6) is 5.88 Å². The average Bonchev–Trinajstić information content (AvgIpc) is 2.35. The first-order valence-corrected chi connectivity index (χ1v) is 2.91. The van der Waals surface area contributed by atoms with E-state index >= 15 is 0 Å². The molecule has 5 nitrogen and oxygen atoms in total. The van der Waals surface area contributed by atoms with Gasteiger partial charge in [0.15, 0.2) is 0 Å². The molecule has 60 valence electrons. The molecule has 0 amide bonds. The third kappa shape index (κ3) is 1.96. The van der Waals surface area contributed by atoms with E-state index in [1.165, 1.54) is 13.2 Å². The second-order valence-electron chi connectivity index (χ2n) is 1.83. The van der Waals surface area contributed by atoms with Gasteiger partial charge in [0.05, 0.1) is 7.11 Å². The lowest BCUT2D eigenvalue weighted by Gasteiger charge is -1.94. The Kier molecular flexibility index (Phi) is 2.10. The molecule has 0 aliphatic heterocycles. The highest BCUT2D eigenvalue weighted by Crippen LogP contribution is 2.09. The van der Waals surface area contributed by atoms with Crippen LogP contribution in [0.1, 0.15) is 5.76 Å². The van der Waals surface area contributed by atoms with Gasteiger partial charge in [0.1, 0.15) is 5.76 Å². The fraction of sp³-hybridized carbons (Fsp3) is 0.333. The van der Waals surface area contributed by atoms with Crippen molar-refractivity contribution in [3.05, 3.63) is 11.8 Å². The van der Waals surface area contributed by atoms with Crippen molar-refractivity contribution >= 4 is 6.16 Å². The Morgan fingerprint density at radius 3 is 2.91 bits per heavy atom. The summed E-state index contributed by atoms with van der Waals surface area (Å²) in [6.45, 7) is 1.69. The molecule has 0 saturated heterocycles. The Morgan fingerprint density at radius 1 is 1.73 bits per heavy atom. The molecule has 1 heterocycles. The molecule has 0 saturated carbocycles. The van der Waals surface area contributed by atoms with Crippen molar-refractivity contribution in [2.45, 2.75) is 6.92 Å². The van der Waals surface area contributed by atoms with Gasteiger partial charge in [0.25, 0.3) is 5.88 Å². The van der Waals surface area contributed by atoms with Crippen LogP contribution in [0, 0.1) is 6.92 Å². The largest absolute Gasteiger partial charge is 0.515 e. The summed E-state index contributed by atoms with van der Waals surface area (Å²) in [6, 6.07) is 1.48. The maximum atomic E-state index is 10.5. The minimum Gasteiger partial charge on any atom is -0.437 e. The predicted molar refractivity (Wildman–Crippen MR) is 34.3 cm³/mol. The molecule has 0 radical (unpaired) electrons. The number of carbonyl (C=O) groups excluding carboxylic acids is 1. The Hall–Kier alpha value is -1.52. The molecular formula is C6H7NO4. The highest BCUT2D eigenvalue weighted by atomic mass is 16.7. The zero-order valence-corrected chi connectivity index (χ0v) is 6.16. The first-order chi connectivity index (χ1) is 5.22. The molecule has 0 unspecified atom stereocenters. The van der Waals surface area contributed by atoms with Gasteiger partial charge in [0, 0.05) is 6.07 Å². The van der Waals surface area contributed by atoms with E-state index in [2.05, 4.69) is 19.2 Å². The fourth-order valence-electron chi connectivity index (χ4n) is 0.519. The lowest BCUT2D eigenvalue weighted by atomic mass is 10.5. The summed E-state index contributed by atoms with van der Waals surface area (Å²) in [5.41, 5.74) is 0. The molecule has 1 rings (SSSR count). The lowest BCUT2D eigenvalue weighted by Crippen LogP contribution is -2.07. The molecule has 5 heteroatoms. The van der Waals surface area contributed by atoms with Crippen LogP contribution in [-0.4, -0.2) is 18.4 Å². The topological polar surface area (TPSA) is 61.6 Å². The zero-order chi connectivity index (χ0) is 8.27. The van der Waals surface area contributed by atoms with Gasteiger partial charge in [-0.25, -0.2) is 4.79 Å². The second kappa shape index (κ2) is 3.05. The van der Waals surface area contributed by atoms with Crippen molar-refractivity contribution in [1.29, 1.82) is 0 Å². The molecule has 1 aromatic rings. The van der Waals surface area contributed by atoms with E-state index < -0.39 is 6.16 Å². The van der Waals surface area contributed by atoms with Crippen molar-refractivity contribution < 1.29 is 18.8 Å². The van der Waals surface area contributed by atoms with Gasteiger partial charge in [-0.05, 0) is 12.1 Å². The smallest absolute Gasteiger partial charge is 0.437 e. The molecular weight excluding hydrogens is 150 g/mol. The number of ether oxygens (including phenoxy) is 2. The number of carbonyl (C=O) groups is 1. The van der Waals surface area contributed by atoms with Gasteiger partial charge in [0.2, 0.25) is 0 Å². The molecule has 0 atom stereocenters. The highest BCUT2D eigenvalue weighted by molar-refractivity contribution is 5.62. The molecule has 0 aliphatic carbocycles. The molecule has 0 N–H and O–H groups in total. The van der Waals surface area contributed by atoms with Crippen LogP contribution in [0.2, 0.25) is 0 Å². The van der Waals surface area contributed by atoms with E-state index in [1.807, 2.05) is 0 Å². The van der Waals surface area contributed by atoms with E-state index in [4.69, 9.17) is 0 Å². The molecule has 0 fully saturated rings. The lowest BCUT2D eigenvalue weighted by molar-refractivity contribution is 0.118. The summed E-state index contributed by atoms with van der Waals surface area (Å²) >= 11 is 0. The van der Waals surface area contributed by atoms with Crippen LogP contribution in [0.4, 0.5) is 4.79 Å². The number of aromatic nitrogens is 1. The minimum atomic E-state index is -0.807. The monoisotopic (exact) mass is 157 g/mol. The molecule has 0 aromatic carbocycles.